The van der Waals surface area contributed by atoms with Crippen molar-refractivity contribution in [3.63, 3.8) is 0 Å². The van der Waals surface area contributed by atoms with Crippen molar-refractivity contribution in [1.82, 2.24) is 10.2 Å². The van der Waals surface area contributed by atoms with Gasteiger partial charge in [0.25, 0.3) is 11.8 Å². The SMILES string of the molecule is [2H][C@]1(N2C(=O)c3cccc(N)c3C2=O)CCC(=C)NC1=O. The van der Waals surface area contributed by atoms with Crippen molar-refractivity contribution < 1.29 is 15.8 Å². The summed E-state index contributed by atoms with van der Waals surface area (Å²) in [4.78, 5) is 37.7. The second-order valence-electron chi connectivity index (χ2n) is 4.72. The molecule has 0 unspecified atom stereocenters. The number of rotatable bonds is 1. The number of nitrogen functional groups attached to an aromatic ring is 1. The number of amides is 3. The Morgan fingerprint density at radius 2 is 2.10 bits per heavy atom. The predicted molar refractivity (Wildman–Crippen MR) is 71.7 cm³/mol. The zero-order valence-corrected chi connectivity index (χ0v) is 10.6. The molecule has 6 nitrogen and oxygen atoms in total. The van der Waals surface area contributed by atoms with Crippen LogP contribution in [0.3, 0.4) is 0 Å². The Bertz CT molecular complexity index is 715. The molecule has 0 aliphatic carbocycles. The molecule has 3 amide bonds. The van der Waals surface area contributed by atoms with Crippen LogP contribution in [-0.2, 0) is 4.79 Å². The monoisotopic (exact) mass is 272 g/mol. The quantitative estimate of drug-likeness (QED) is 0.580. The number of imide groups is 1. The normalized spacial score (nSPS) is 26.4. The second-order valence-corrected chi connectivity index (χ2v) is 4.72. The summed E-state index contributed by atoms with van der Waals surface area (Å²) in [5, 5.41) is 2.43. The third-order valence-corrected chi connectivity index (χ3v) is 3.43. The fourth-order valence-corrected chi connectivity index (χ4v) is 2.45. The van der Waals surface area contributed by atoms with Gasteiger partial charge in [0.15, 0.2) is 0 Å². The molecule has 1 aromatic rings. The van der Waals surface area contributed by atoms with Gasteiger partial charge in [-0.05, 0) is 25.0 Å². The summed E-state index contributed by atoms with van der Waals surface area (Å²) in [6.45, 7) is 3.62. The molecule has 1 fully saturated rings. The third kappa shape index (κ3) is 1.61. The van der Waals surface area contributed by atoms with Crippen molar-refractivity contribution in [3.8, 4) is 0 Å². The molecule has 2 aliphatic rings. The van der Waals surface area contributed by atoms with E-state index in [0.29, 0.717) is 17.0 Å². The number of hydrogen-bond donors (Lipinski definition) is 2. The van der Waals surface area contributed by atoms with Crippen LogP contribution in [0.1, 0.15) is 34.9 Å². The molecule has 1 aromatic carbocycles. The van der Waals surface area contributed by atoms with Gasteiger partial charge < -0.3 is 11.1 Å². The van der Waals surface area contributed by atoms with Gasteiger partial charge in [0.1, 0.15) is 6.02 Å². The van der Waals surface area contributed by atoms with Crippen LogP contribution in [0.5, 0.6) is 0 Å². The lowest BCUT2D eigenvalue weighted by atomic mass is 10.0. The van der Waals surface area contributed by atoms with Crippen LogP contribution in [0.2, 0.25) is 0 Å². The first kappa shape index (κ1) is 11.2. The number of anilines is 1. The number of piperidine rings is 1. The second kappa shape index (κ2) is 4.19. The number of nitrogens with one attached hydrogen (secondary N) is 1. The molecule has 0 saturated carbocycles. The number of carbonyl (C=O) groups excluding carboxylic acids is 3. The molecule has 102 valence electrons. The first-order valence-corrected chi connectivity index (χ1v) is 6.13. The van der Waals surface area contributed by atoms with Crippen LogP contribution in [-0.4, -0.2) is 28.6 Å². The third-order valence-electron chi connectivity index (χ3n) is 3.43. The van der Waals surface area contributed by atoms with Crippen LogP contribution in [0.15, 0.2) is 30.5 Å². The number of hydrogen-bond acceptors (Lipinski definition) is 4. The summed E-state index contributed by atoms with van der Waals surface area (Å²) in [6, 6.07) is 2.56. The van der Waals surface area contributed by atoms with E-state index in [2.05, 4.69) is 11.9 Å². The van der Waals surface area contributed by atoms with E-state index in [9.17, 15) is 14.4 Å². The Balaban J connectivity index is 2.08. The van der Waals surface area contributed by atoms with E-state index in [1.807, 2.05) is 0 Å². The molecule has 0 radical (unpaired) electrons. The van der Waals surface area contributed by atoms with Crippen LogP contribution in [0, 0.1) is 0 Å². The van der Waals surface area contributed by atoms with Gasteiger partial charge in [-0.25, -0.2) is 0 Å². The van der Waals surface area contributed by atoms with Gasteiger partial charge in [0.2, 0.25) is 5.91 Å². The van der Waals surface area contributed by atoms with E-state index in [0.717, 1.165) is 0 Å². The molecule has 20 heavy (non-hydrogen) atoms. The summed E-state index contributed by atoms with van der Waals surface area (Å²) in [5.74, 6) is -2.10. The van der Waals surface area contributed by atoms with Gasteiger partial charge in [-0.3, -0.25) is 19.3 Å². The summed E-state index contributed by atoms with van der Waals surface area (Å²) >= 11 is 0. The number of benzene rings is 1. The standard InChI is InChI=1S/C14H13N3O3/c1-7-5-6-10(12(18)16-7)17-13(19)8-3-2-4-9(15)11(8)14(17)20/h2-4,10H,1,5-6,15H2,(H,16,18)/t10-/m0/s1/i10D. The highest BCUT2D eigenvalue weighted by atomic mass is 16.2. The lowest BCUT2D eigenvalue weighted by Crippen LogP contribution is -2.51. The van der Waals surface area contributed by atoms with E-state index in [1.165, 1.54) is 12.1 Å². The fourth-order valence-electron chi connectivity index (χ4n) is 2.45. The van der Waals surface area contributed by atoms with E-state index < -0.39 is 23.7 Å². The number of nitrogens with two attached hydrogens (primary N) is 1. The average Bonchev–Trinajstić information content (AvgIpc) is 2.68. The lowest BCUT2D eigenvalue weighted by molar-refractivity contribution is -0.125. The first-order chi connectivity index (χ1) is 9.86. The van der Waals surface area contributed by atoms with E-state index in [1.54, 1.807) is 6.07 Å². The van der Waals surface area contributed by atoms with E-state index in [-0.39, 0.29) is 23.2 Å². The zero-order valence-electron chi connectivity index (χ0n) is 11.6. The van der Waals surface area contributed by atoms with Gasteiger partial charge in [0.05, 0.1) is 12.5 Å². The maximum Gasteiger partial charge on any atom is 0.264 e. The Labute approximate surface area is 116 Å². The lowest BCUT2D eigenvalue weighted by Gasteiger charge is -2.29. The molecular formula is C14H13N3O3. The number of carbonyl (C=O) groups is 3. The van der Waals surface area contributed by atoms with Gasteiger partial charge in [-0.2, -0.15) is 0 Å². The molecule has 0 spiro atoms. The highest BCUT2D eigenvalue weighted by Crippen LogP contribution is 2.31. The Morgan fingerprint density at radius 3 is 2.75 bits per heavy atom. The predicted octanol–water partition coefficient (Wildman–Crippen LogP) is 0.657. The van der Waals surface area contributed by atoms with Gasteiger partial charge in [-0.15, -0.1) is 0 Å². The van der Waals surface area contributed by atoms with Crippen molar-refractivity contribution in [2.24, 2.45) is 0 Å². The molecule has 2 aliphatic heterocycles. The van der Waals surface area contributed by atoms with Gasteiger partial charge >= 0.3 is 0 Å². The van der Waals surface area contributed by atoms with Crippen molar-refractivity contribution in [2.45, 2.75) is 18.9 Å². The van der Waals surface area contributed by atoms with E-state index >= 15 is 0 Å². The maximum atomic E-state index is 12.5. The minimum Gasteiger partial charge on any atom is -0.398 e. The summed E-state index contributed by atoms with van der Waals surface area (Å²) in [7, 11) is 0. The zero-order chi connectivity index (χ0) is 15.4. The van der Waals surface area contributed by atoms with Crippen LogP contribution < -0.4 is 11.1 Å². The molecule has 1 saturated heterocycles. The summed E-state index contributed by atoms with van der Waals surface area (Å²) in [5.41, 5.74) is 6.57. The molecular weight excluding hydrogens is 258 g/mol. The number of nitrogens with zero attached hydrogens (tertiary/aromatic N) is 1. The number of allylic oxidation sites excluding steroid dienone is 1. The average molecular weight is 272 g/mol. The molecule has 3 N–H and O–H groups in total. The topological polar surface area (TPSA) is 92.5 Å². The minimum absolute atomic E-state index is 0.0169. The maximum absolute atomic E-state index is 12.5. The molecule has 6 heteroatoms. The van der Waals surface area contributed by atoms with Gasteiger partial charge in [0, 0.05) is 11.4 Å². The Kier molecular flexibility index (Phi) is 2.35. The van der Waals surface area contributed by atoms with Crippen molar-refractivity contribution in [2.75, 3.05) is 5.73 Å². The Morgan fingerprint density at radius 1 is 1.35 bits per heavy atom. The highest BCUT2D eigenvalue weighted by Gasteiger charge is 2.44. The largest absolute Gasteiger partial charge is 0.398 e. The fraction of sp³-hybridized carbons (Fsp3) is 0.214. The van der Waals surface area contributed by atoms with E-state index in [4.69, 9.17) is 7.10 Å². The molecule has 0 bridgehead atoms. The van der Waals surface area contributed by atoms with Gasteiger partial charge in [-0.1, -0.05) is 12.6 Å². The van der Waals surface area contributed by atoms with Crippen molar-refractivity contribution >= 4 is 23.4 Å². The minimum atomic E-state index is -1.97. The first-order valence-electron chi connectivity index (χ1n) is 6.63. The smallest absolute Gasteiger partial charge is 0.264 e. The summed E-state index contributed by atoms with van der Waals surface area (Å²) in [6.07, 6.45) is 0.348. The molecule has 0 aromatic heterocycles. The molecule has 2 heterocycles. The van der Waals surface area contributed by atoms with Crippen LogP contribution >= 0.6 is 0 Å². The molecule has 1 atom stereocenters. The molecule has 3 rings (SSSR count). The van der Waals surface area contributed by atoms with Crippen LogP contribution in [0.25, 0.3) is 0 Å². The highest BCUT2D eigenvalue weighted by molar-refractivity contribution is 6.25. The van der Waals surface area contributed by atoms with Crippen molar-refractivity contribution in [3.05, 3.63) is 41.6 Å². The Hall–Kier alpha value is -2.63. The summed E-state index contributed by atoms with van der Waals surface area (Å²) < 4.78 is 8.31. The van der Waals surface area contributed by atoms with Crippen LogP contribution in [0.4, 0.5) is 5.69 Å². The number of fused-ring (bicyclic) bond motifs is 1. The van der Waals surface area contributed by atoms with Crippen molar-refractivity contribution in [1.29, 1.82) is 0 Å².